The van der Waals surface area contributed by atoms with Crippen LogP contribution in [0.2, 0.25) is 0 Å². The Balaban J connectivity index is 1.39. The molecule has 0 saturated carbocycles. The maximum absolute atomic E-state index is 9.71. The van der Waals surface area contributed by atoms with Crippen molar-refractivity contribution in [2.45, 2.75) is 38.8 Å². The summed E-state index contributed by atoms with van der Waals surface area (Å²) in [5.74, 6) is 0.553. The Kier molecular flexibility index (Phi) is 5.70. The number of hydrogen-bond donors (Lipinski definition) is 0. The summed E-state index contributed by atoms with van der Waals surface area (Å²) in [6.45, 7) is 5.44. The van der Waals surface area contributed by atoms with E-state index in [9.17, 15) is 5.26 Å². The van der Waals surface area contributed by atoms with Crippen molar-refractivity contribution in [1.82, 2.24) is 33.9 Å². The Hall–Kier alpha value is -4.48. The molecule has 0 bridgehead atoms. The molecule has 11 heteroatoms. The lowest BCUT2D eigenvalue weighted by molar-refractivity contribution is 0.231. The molecule has 0 amide bonds. The van der Waals surface area contributed by atoms with Gasteiger partial charge in [0.15, 0.2) is 6.19 Å². The quantitative estimate of drug-likeness (QED) is 0.314. The average molecular weight is 510 g/mol. The lowest BCUT2D eigenvalue weighted by Gasteiger charge is -2.28. The van der Waals surface area contributed by atoms with Crippen LogP contribution in [0.4, 0.5) is 0 Å². The fourth-order valence-corrected chi connectivity index (χ4v) is 5.88. The number of fused-ring (bicyclic) bond motifs is 2. The predicted molar refractivity (Wildman–Crippen MR) is 138 cm³/mol. The highest BCUT2D eigenvalue weighted by Gasteiger charge is 2.25. The van der Waals surface area contributed by atoms with Crippen LogP contribution in [0.5, 0.6) is 5.75 Å². The van der Waals surface area contributed by atoms with Gasteiger partial charge in [0.2, 0.25) is 0 Å². The fourth-order valence-electron chi connectivity index (χ4n) is 5.04. The van der Waals surface area contributed by atoms with E-state index in [1.165, 1.54) is 11.5 Å². The van der Waals surface area contributed by atoms with Gasteiger partial charge in [-0.2, -0.15) is 20.0 Å². The van der Waals surface area contributed by atoms with Gasteiger partial charge in [-0.25, -0.2) is 9.20 Å². The van der Waals surface area contributed by atoms with Crippen molar-refractivity contribution in [2.24, 2.45) is 0 Å². The normalized spacial score (nSPS) is 15.1. The molecular weight excluding hydrogens is 486 g/mol. The number of nitriles is 2. The average Bonchev–Trinajstić information content (AvgIpc) is 3.66. The largest absolute Gasteiger partial charge is 0.484 e. The molecule has 37 heavy (non-hydrogen) atoms. The first-order valence-corrected chi connectivity index (χ1v) is 12.8. The Bertz CT molecular complexity index is 1690. The molecule has 0 N–H and O–H groups in total. The Morgan fingerprint density at radius 1 is 1.19 bits per heavy atom. The van der Waals surface area contributed by atoms with Crippen LogP contribution in [0.25, 0.3) is 26.9 Å². The van der Waals surface area contributed by atoms with Crippen molar-refractivity contribution in [1.29, 1.82) is 10.5 Å². The van der Waals surface area contributed by atoms with E-state index in [2.05, 4.69) is 32.0 Å². The number of aromatic nitrogens is 6. The molecule has 1 fully saturated rings. The lowest BCUT2D eigenvalue weighted by atomic mass is 10.0. The molecular formula is C26H23N9OS. The predicted octanol–water partition coefficient (Wildman–Crippen LogP) is 4.64. The Labute approximate surface area is 217 Å². The van der Waals surface area contributed by atoms with Crippen LogP contribution in [0.15, 0.2) is 42.9 Å². The zero-order valence-corrected chi connectivity index (χ0v) is 21.2. The number of benzene rings is 1. The van der Waals surface area contributed by atoms with Gasteiger partial charge in [0.25, 0.3) is 0 Å². The Morgan fingerprint density at radius 3 is 2.81 bits per heavy atom. The minimum atomic E-state index is -0.285. The van der Waals surface area contributed by atoms with E-state index >= 15 is 0 Å². The van der Waals surface area contributed by atoms with Gasteiger partial charge < -0.3 is 9.64 Å². The van der Waals surface area contributed by atoms with Gasteiger partial charge in [-0.05, 0) is 44.3 Å². The third-order valence-electron chi connectivity index (χ3n) is 7.00. The zero-order valence-electron chi connectivity index (χ0n) is 20.4. The van der Waals surface area contributed by atoms with Crippen molar-refractivity contribution in [3.05, 3.63) is 59.7 Å². The summed E-state index contributed by atoms with van der Waals surface area (Å²) >= 11 is 1.44. The molecule has 1 saturated heterocycles. The monoisotopic (exact) mass is 509 g/mol. The summed E-state index contributed by atoms with van der Waals surface area (Å²) in [4.78, 5) is 1.78. The van der Waals surface area contributed by atoms with Crippen molar-refractivity contribution in [2.75, 3.05) is 13.1 Å². The van der Waals surface area contributed by atoms with Crippen molar-refractivity contribution in [3.8, 4) is 29.3 Å². The van der Waals surface area contributed by atoms with Crippen LogP contribution >= 0.6 is 11.5 Å². The number of pyridine rings is 1. The smallest absolute Gasteiger partial charge is 0.179 e. The standard InChI is InChI=1S/C26H23N9OS/c1-16-24(31-32-35(16)21-6-8-33(15-28)9-7-21)19-10-23(25-20(11-27)12-29-34(25)14-19)36-17(2)22-5-3-4-18-13-30-37-26(18)22/h3-5,10,12-14,17,21H,6-9H2,1-2H3. The molecule has 184 valence electrons. The third-order valence-corrected chi connectivity index (χ3v) is 7.87. The van der Waals surface area contributed by atoms with E-state index in [0.717, 1.165) is 45.4 Å². The van der Waals surface area contributed by atoms with E-state index in [-0.39, 0.29) is 12.1 Å². The minimum Gasteiger partial charge on any atom is -0.484 e. The summed E-state index contributed by atoms with van der Waals surface area (Å²) < 4.78 is 15.6. The molecule has 1 atom stereocenters. The zero-order chi connectivity index (χ0) is 25.5. The van der Waals surface area contributed by atoms with Crippen LogP contribution in [0.3, 0.4) is 0 Å². The van der Waals surface area contributed by atoms with Crippen LogP contribution in [0, 0.1) is 29.7 Å². The van der Waals surface area contributed by atoms with Crippen molar-refractivity contribution < 1.29 is 4.74 Å². The lowest BCUT2D eigenvalue weighted by Crippen LogP contribution is -2.31. The van der Waals surface area contributed by atoms with Gasteiger partial charge >= 0.3 is 0 Å². The highest BCUT2D eigenvalue weighted by atomic mass is 32.1. The van der Waals surface area contributed by atoms with Gasteiger partial charge in [-0.3, -0.25) is 0 Å². The van der Waals surface area contributed by atoms with Gasteiger partial charge in [0, 0.05) is 42.0 Å². The molecule has 0 aliphatic carbocycles. The van der Waals surface area contributed by atoms with Crippen molar-refractivity contribution in [3.63, 3.8) is 0 Å². The second-order valence-electron chi connectivity index (χ2n) is 9.19. The van der Waals surface area contributed by atoms with Crippen LogP contribution in [-0.2, 0) is 0 Å². The fraction of sp³-hybridized carbons (Fsp3) is 0.308. The van der Waals surface area contributed by atoms with E-state index in [1.807, 2.05) is 55.2 Å². The van der Waals surface area contributed by atoms with E-state index in [4.69, 9.17) is 10.00 Å². The first-order valence-electron chi connectivity index (χ1n) is 12.1. The highest BCUT2D eigenvalue weighted by molar-refractivity contribution is 7.13. The van der Waals surface area contributed by atoms with Gasteiger partial charge in [-0.1, -0.05) is 23.4 Å². The first-order chi connectivity index (χ1) is 18.1. The molecule has 1 aromatic carbocycles. The van der Waals surface area contributed by atoms with Crippen molar-refractivity contribution >= 4 is 27.1 Å². The molecule has 5 aromatic rings. The van der Waals surface area contributed by atoms with E-state index in [0.29, 0.717) is 29.9 Å². The second-order valence-corrected chi connectivity index (χ2v) is 10.00. The summed E-state index contributed by atoms with van der Waals surface area (Å²) in [5, 5.41) is 33.4. The number of hydrogen-bond acceptors (Lipinski definition) is 9. The molecule has 10 nitrogen and oxygen atoms in total. The number of ether oxygens (including phenoxy) is 1. The highest BCUT2D eigenvalue weighted by Crippen LogP contribution is 2.36. The van der Waals surface area contributed by atoms with Crippen LogP contribution in [-0.4, -0.2) is 47.0 Å². The first kappa shape index (κ1) is 23.0. The molecule has 6 rings (SSSR count). The molecule has 1 aliphatic heterocycles. The number of likely N-dealkylation sites (tertiary alicyclic amines) is 1. The summed E-state index contributed by atoms with van der Waals surface area (Å²) in [6.07, 6.45) is 8.89. The topological polar surface area (TPSA) is 121 Å². The molecule has 1 aliphatic rings. The second kappa shape index (κ2) is 9.19. The maximum Gasteiger partial charge on any atom is 0.179 e. The SMILES string of the molecule is Cc1c(-c2cc(OC(C)c3cccc4cnsc34)c3c(C#N)cnn3c2)nnn1C1CCN(C#N)CC1. The molecule has 5 heterocycles. The summed E-state index contributed by atoms with van der Waals surface area (Å²) in [7, 11) is 0. The van der Waals surface area contributed by atoms with Crippen LogP contribution in [0.1, 0.15) is 48.7 Å². The molecule has 0 radical (unpaired) electrons. The molecule has 1 unspecified atom stereocenters. The maximum atomic E-state index is 9.71. The number of piperidine rings is 1. The van der Waals surface area contributed by atoms with Gasteiger partial charge in [0.05, 0.1) is 22.6 Å². The molecule has 0 spiro atoms. The molecule has 4 aromatic heterocycles. The minimum absolute atomic E-state index is 0.195. The van der Waals surface area contributed by atoms with E-state index < -0.39 is 0 Å². The third kappa shape index (κ3) is 3.94. The Morgan fingerprint density at radius 2 is 2.03 bits per heavy atom. The van der Waals surface area contributed by atoms with Crippen LogP contribution < -0.4 is 4.74 Å². The number of rotatable bonds is 5. The number of nitrogens with zero attached hydrogens (tertiary/aromatic N) is 9. The summed E-state index contributed by atoms with van der Waals surface area (Å²) in [6, 6.07) is 10.4. The van der Waals surface area contributed by atoms with E-state index in [1.54, 1.807) is 15.6 Å². The summed E-state index contributed by atoms with van der Waals surface area (Å²) in [5.41, 5.74) is 4.57. The van der Waals surface area contributed by atoms with Gasteiger partial charge in [-0.15, -0.1) is 5.10 Å². The van der Waals surface area contributed by atoms with Gasteiger partial charge in [0.1, 0.15) is 34.7 Å².